The summed E-state index contributed by atoms with van der Waals surface area (Å²) in [5.41, 5.74) is 2.07. The maximum absolute atomic E-state index is 13.5. The predicted molar refractivity (Wildman–Crippen MR) is 122 cm³/mol. The maximum Gasteiger partial charge on any atom is 0.282 e. The summed E-state index contributed by atoms with van der Waals surface area (Å²) >= 11 is 5.94. The van der Waals surface area contributed by atoms with Gasteiger partial charge < -0.3 is 10.6 Å². The van der Waals surface area contributed by atoms with Crippen LogP contribution in [-0.4, -0.2) is 17.7 Å². The largest absolute Gasteiger partial charge is 0.350 e. The Hall–Kier alpha value is -3.97. The van der Waals surface area contributed by atoms with Crippen LogP contribution in [0.15, 0.2) is 78.5 Å². The Labute approximate surface area is 188 Å². The van der Waals surface area contributed by atoms with Crippen LogP contribution in [0.1, 0.15) is 12.5 Å². The molecule has 160 valence electrons. The van der Waals surface area contributed by atoms with Crippen LogP contribution >= 0.6 is 11.6 Å². The van der Waals surface area contributed by atoms with Crippen molar-refractivity contribution < 1.29 is 18.8 Å². The molecule has 6 nitrogen and oxygen atoms in total. The van der Waals surface area contributed by atoms with Crippen molar-refractivity contribution in [1.82, 2.24) is 0 Å². The molecule has 8 heteroatoms. The van der Waals surface area contributed by atoms with Gasteiger partial charge in [0, 0.05) is 23.3 Å². The zero-order valence-electron chi connectivity index (χ0n) is 16.9. The van der Waals surface area contributed by atoms with Gasteiger partial charge in [0.25, 0.3) is 11.8 Å². The minimum atomic E-state index is -0.553. The van der Waals surface area contributed by atoms with Crippen LogP contribution in [0, 0.1) is 5.82 Å². The average molecular weight is 450 g/mol. The fourth-order valence-corrected chi connectivity index (χ4v) is 3.47. The summed E-state index contributed by atoms with van der Waals surface area (Å²) in [6.45, 7) is 1.40. The van der Waals surface area contributed by atoms with Gasteiger partial charge in [-0.2, -0.15) is 0 Å². The van der Waals surface area contributed by atoms with Gasteiger partial charge >= 0.3 is 0 Å². The molecule has 3 aromatic rings. The molecule has 0 fully saturated rings. The summed E-state index contributed by atoms with van der Waals surface area (Å²) in [5.74, 6) is -1.75. The van der Waals surface area contributed by atoms with Crippen LogP contribution < -0.4 is 15.5 Å². The van der Waals surface area contributed by atoms with Crippen LogP contribution in [0.5, 0.6) is 0 Å². The highest BCUT2D eigenvalue weighted by molar-refractivity contribution is 6.46. The third-order valence-electron chi connectivity index (χ3n) is 4.78. The number of hydrogen-bond donors (Lipinski definition) is 2. The molecule has 4 rings (SSSR count). The lowest BCUT2D eigenvalue weighted by atomic mass is 10.0. The Morgan fingerprint density at radius 1 is 0.844 bits per heavy atom. The van der Waals surface area contributed by atoms with Crippen molar-refractivity contribution >= 4 is 52.0 Å². The number of rotatable bonds is 5. The topological polar surface area (TPSA) is 78.5 Å². The number of hydrogen-bond acceptors (Lipinski definition) is 4. The van der Waals surface area contributed by atoms with Gasteiger partial charge in [0.15, 0.2) is 0 Å². The van der Waals surface area contributed by atoms with Crippen LogP contribution in [0.3, 0.4) is 0 Å². The summed E-state index contributed by atoms with van der Waals surface area (Å²) in [6, 6.07) is 18.3. The quantitative estimate of drug-likeness (QED) is 0.547. The first-order chi connectivity index (χ1) is 15.3. The molecule has 0 aromatic heterocycles. The SMILES string of the molecule is CC(=O)Nc1ccc(NC2=C(c3ccc(F)cc3)C(=O)N(c3ccc(Cl)cc3)C2=O)cc1. The van der Waals surface area contributed by atoms with Crippen LogP contribution in [0.2, 0.25) is 5.02 Å². The zero-order valence-corrected chi connectivity index (χ0v) is 17.6. The van der Waals surface area contributed by atoms with Gasteiger partial charge in [-0.05, 0) is 66.2 Å². The van der Waals surface area contributed by atoms with Gasteiger partial charge in [-0.25, -0.2) is 9.29 Å². The minimum absolute atomic E-state index is 0.0591. The number of imide groups is 1. The van der Waals surface area contributed by atoms with Crippen LogP contribution in [0.4, 0.5) is 21.5 Å². The van der Waals surface area contributed by atoms with E-state index in [1.807, 2.05) is 0 Å². The Morgan fingerprint density at radius 3 is 2.03 bits per heavy atom. The lowest BCUT2D eigenvalue weighted by Gasteiger charge is -2.15. The monoisotopic (exact) mass is 449 g/mol. The minimum Gasteiger partial charge on any atom is -0.350 e. The van der Waals surface area contributed by atoms with E-state index in [2.05, 4.69) is 10.6 Å². The van der Waals surface area contributed by atoms with Gasteiger partial charge in [-0.1, -0.05) is 23.7 Å². The number of nitrogens with zero attached hydrogens (tertiary/aromatic N) is 1. The number of benzene rings is 3. The van der Waals surface area contributed by atoms with E-state index >= 15 is 0 Å². The maximum atomic E-state index is 13.5. The van der Waals surface area contributed by atoms with Gasteiger partial charge in [0.05, 0.1) is 11.3 Å². The molecule has 3 aromatic carbocycles. The summed E-state index contributed by atoms with van der Waals surface area (Å²) in [7, 11) is 0. The molecule has 0 unspecified atom stereocenters. The van der Waals surface area contributed by atoms with Gasteiger partial charge in [-0.3, -0.25) is 14.4 Å². The van der Waals surface area contributed by atoms with Gasteiger partial charge in [-0.15, -0.1) is 0 Å². The van der Waals surface area contributed by atoms with E-state index in [0.717, 1.165) is 4.90 Å². The zero-order chi connectivity index (χ0) is 22.8. The molecule has 2 N–H and O–H groups in total. The molecule has 1 aliphatic heterocycles. The number of halogens is 2. The molecule has 0 saturated heterocycles. The lowest BCUT2D eigenvalue weighted by molar-refractivity contribution is -0.120. The van der Waals surface area contributed by atoms with E-state index < -0.39 is 17.6 Å². The highest BCUT2D eigenvalue weighted by atomic mass is 35.5. The van der Waals surface area contributed by atoms with E-state index in [-0.39, 0.29) is 17.2 Å². The van der Waals surface area contributed by atoms with Gasteiger partial charge in [0.1, 0.15) is 11.5 Å². The number of amides is 3. The summed E-state index contributed by atoms with van der Waals surface area (Å²) in [5, 5.41) is 6.14. The molecule has 3 amide bonds. The van der Waals surface area contributed by atoms with Crippen molar-refractivity contribution in [3.63, 3.8) is 0 Å². The third-order valence-corrected chi connectivity index (χ3v) is 5.03. The average Bonchev–Trinajstić information content (AvgIpc) is 3.00. The van der Waals surface area contributed by atoms with Crippen molar-refractivity contribution in [3.05, 3.63) is 94.9 Å². The number of anilines is 3. The smallest absolute Gasteiger partial charge is 0.282 e. The first kappa shape index (κ1) is 21.3. The molecule has 32 heavy (non-hydrogen) atoms. The summed E-state index contributed by atoms with van der Waals surface area (Å²) < 4.78 is 13.5. The Balaban J connectivity index is 1.74. The molecular formula is C24H17ClFN3O3. The predicted octanol–water partition coefficient (Wildman–Crippen LogP) is 4.83. The van der Waals surface area contributed by atoms with Crippen molar-refractivity contribution in [2.75, 3.05) is 15.5 Å². The Kier molecular flexibility index (Phi) is 5.75. The first-order valence-electron chi connectivity index (χ1n) is 9.63. The fourth-order valence-electron chi connectivity index (χ4n) is 3.34. The summed E-state index contributed by atoms with van der Waals surface area (Å²) in [6.07, 6.45) is 0. The highest BCUT2D eigenvalue weighted by Gasteiger charge is 2.40. The van der Waals surface area contributed by atoms with Crippen molar-refractivity contribution in [1.29, 1.82) is 0 Å². The molecule has 0 atom stereocenters. The van der Waals surface area contributed by atoms with E-state index in [1.54, 1.807) is 48.5 Å². The van der Waals surface area contributed by atoms with E-state index in [9.17, 15) is 18.8 Å². The molecular weight excluding hydrogens is 433 g/mol. The Bertz CT molecular complexity index is 1240. The third kappa shape index (κ3) is 4.24. The van der Waals surface area contributed by atoms with Crippen LogP contribution in [-0.2, 0) is 14.4 Å². The molecule has 0 bridgehead atoms. The number of nitrogens with one attached hydrogen (secondary N) is 2. The second-order valence-electron chi connectivity index (χ2n) is 7.06. The molecule has 1 aliphatic rings. The van der Waals surface area contributed by atoms with Crippen molar-refractivity contribution in [2.45, 2.75) is 6.92 Å². The lowest BCUT2D eigenvalue weighted by Crippen LogP contribution is -2.32. The van der Waals surface area contributed by atoms with E-state index in [0.29, 0.717) is 27.6 Å². The molecule has 0 spiro atoms. The first-order valence-corrected chi connectivity index (χ1v) is 10.0. The second kappa shape index (κ2) is 8.64. The van der Waals surface area contributed by atoms with Crippen molar-refractivity contribution in [3.8, 4) is 0 Å². The molecule has 0 saturated carbocycles. The molecule has 0 radical (unpaired) electrons. The van der Waals surface area contributed by atoms with E-state index in [1.165, 1.54) is 31.2 Å². The fraction of sp³-hybridized carbons (Fsp3) is 0.0417. The normalized spacial score (nSPS) is 13.5. The Morgan fingerprint density at radius 2 is 1.44 bits per heavy atom. The molecule has 0 aliphatic carbocycles. The van der Waals surface area contributed by atoms with Crippen LogP contribution in [0.25, 0.3) is 5.57 Å². The number of carbonyl (C=O) groups is 3. The highest BCUT2D eigenvalue weighted by Crippen LogP contribution is 2.34. The second-order valence-corrected chi connectivity index (χ2v) is 7.50. The number of carbonyl (C=O) groups excluding carboxylic acids is 3. The van der Waals surface area contributed by atoms with Crippen molar-refractivity contribution in [2.24, 2.45) is 0 Å². The van der Waals surface area contributed by atoms with E-state index in [4.69, 9.17) is 11.6 Å². The molecule has 1 heterocycles. The standard InChI is InChI=1S/C24H17ClFN3O3/c1-14(30)27-18-8-10-19(11-9-18)28-22-21(15-2-6-17(26)7-3-15)23(31)29(24(22)32)20-12-4-16(25)5-13-20/h2-13,28H,1H3,(H,27,30). The summed E-state index contributed by atoms with van der Waals surface area (Å²) in [4.78, 5) is 38.8. The van der Waals surface area contributed by atoms with Gasteiger partial charge in [0.2, 0.25) is 5.91 Å².